The van der Waals surface area contributed by atoms with E-state index < -0.39 is 0 Å². The number of hydrogen-bond acceptors (Lipinski definition) is 2. The molecule has 9 rings (SSSR count). The van der Waals surface area contributed by atoms with Gasteiger partial charge in [0, 0.05) is 21.9 Å². The monoisotopic (exact) mass is 591 g/mol. The van der Waals surface area contributed by atoms with E-state index in [0.29, 0.717) is 0 Å². The van der Waals surface area contributed by atoms with Gasteiger partial charge in [0.1, 0.15) is 0 Å². The van der Waals surface area contributed by atoms with Crippen LogP contribution in [0.4, 0.5) is 0 Å². The number of para-hydroxylation sites is 1. The van der Waals surface area contributed by atoms with Crippen molar-refractivity contribution in [3.8, 4) is 22.3 Å². The zero-order chi connectivity index (χ0) is 30.8. The van der Waals surface area contributed by atoms with Crippen molar-refractivity contribution in [2.24, 2.45) is 4.99 Å². The first-order valence-corrected chi connectivity index (χ1v) is 16.0. The fourth-order valence-electron chi connectivity index (χ4n) is 7.61. The summed E-state index contributed by atoms with van der Waals surface area (Å²) >= 11 is 0. The Hall–Kier alpha value is -5.67. The first-order chi connectivity index (χ1) is 22.6. The smallest absolute Gasteiger partial charge is 0.208 e. The predicted octanol–water partition coefficient (Wildman–Crippen LogP) is 10.4. The number of rotatable bonds is 3. The van der Waals surface area contributed by atoms with Crippen molar-refractivity contribution in [1.29, 1.82) is 0 Å². The van der Waals surface area contributed by atoms with Crippen LogP contribution in [0.1, 0.15) is 42.1 Å². The van der Waals surface area contributed by atoms with Crippen molar-refractivity contribution in [2.75, 3.05) is 0 Å². The van der Waals surface area contributed by atoms with Crippen molar-refractivity contribution >= 4 is 33.5 Å². The van der Waals surface area contributed by atoms with Crippen LogP contribution in [0.2, 0.25) is 0 Å². The third-order valence-corrected chi connectivity index (χ3v) is 9.85. The standard InChI is InChI=1S/C43H33N3/c1-43(2)34-22-11-9-20-32(34)40-35(43)24-25-39-41(40)33-21-10-12-23-38(33)46(39)42-44-36(29-16-7-4-8-17-29)27-37(45-42)31-19-13-18-30(26-31)28-14-5-3-6-15-28/h3-27,37H,1-2H3,(H,44,45). The Morgan fingerprint density at radius 3 is 2.13 bits per heavy atom. The Balaban J connectivity index is 1.28. The molecule has 2 heterocycles. The highest BCUT2D eigenvalue weighted by Crippen LogP contribution is 2.52. The van der Waals surface area contributed by atoms with Crippen LogP contribution in [0.5, 0.6) is 0 Å². The van der Waals surface area contributed by atoms with E-state index in [4.69, 9.17) is 4.99 Å². The van der Waals surface area contributed by atoms with Gasteiger partial charge in [0.05, 0.1) is 17.1 Å². The summed E-state index contributed by atoms with van der Waals surface area (Å²) in [5, 5.41) is 6.31. The van der Waals surface area contributed by atoms with Gasteiger partial charge in [0.25, 0.3) is 0 Å². The maximum Gasteiger partial charge on any atom is 0.208 e. The molecule has 1 aliphatic heterocycles. The van der Waals surface area contributed by atoms with Gasteiger partial charge in [-0.15, -0.1) is 0 Å². The molecule has 1 atom stereocenters. The quantitative estimate of drug-likeness (QED) is 0.218. The molecule has 1 unspecified atom stereocenters. The van der Waals surface area contributed by atoms with Crippen LogP contribution >= 0.6 is 0 Å². The number of aliphatic imine (C=N–C) groups is 1. The first-order valence-electron chi connectivity index (χ1n) is 16.0. The third kappa shape index (κ3) is 4.02. The van der Waals surface area contributed by atoms with Gasteiger partial charge in [-0.1, -0.05) is 141 Å². The summed E-state index contributed by atoms with van der Waals surface area (Å²) < 4.78 is 2.34. The number of benzene rings is 6. The van der Waals surface area contributed by atoms with Crippen molar-refractivity contribution in [1.82, 2.24) is 9.88 Å². The molecule has 2 aliphatic rings. The number of nitrogens with zero attached hydrogens (tertiary/aromatic N) is 2. The van der Waals surface area contributed by atoms with E-state index >= 15 is 0 Å². The van der Waals surface area contributed by atoms with Crippen LogP contribution < -0.4 is 5.32 Å². The molecular weight excluding hydrogens is 558 g/mol. The molecule has 0 saturated carbocycles. The second-order valence-electron chi connectivity index (χ2n) is 12.9. The van der Waals surface area contributed by atoms with Crippen LogP contribution in [0.15, 0.2) is 157 Å². The van der Waals surface area contributed by atoms with Crippen molar-refractivity contribution in [3.63, 3.8) is 0 Å². The Kier molecular flexibility index (Phi) is 5.91. The summed E-state index contributed by atoms with van der Waals surface area (Å²) in [6.07, 6.45) is 2.26. The fourth-order valence-corrected chi connectivity index (χ4v) is 7.61. The molecule has 6 aromatic carbocycles. The third-order valence-electron chi connectivity index (χ3n) is 9.85. The summed E-state index contributed by atoms with van der Waals surface area (Å²) in [6, 6.07) is 52.1. The number of hydrogen-bond donors (Lipinski definition) is 1. The summed E-state index contributed by atoms with van der Waals surface area (Å²) in [5.74, 6) is 0.827. The van der Waals surface area contributed by atoms with Crippen LogP contribution in [0.25, 0.3) is 49.8 Å². The molecule has 220 valence electrons. The lowest BCUT2D eigenvalue weighted by Gasteiger charge is -2.25. The van der Waals surface area contributed by atoms with E-state index in [9.17, 15) is 0 Å². The van der Waals surface area contributed by atoms with E-state index in [1.54, 1.807) is 0 Å². The lowest BCUT2D eigenvalue weighted by atomic mass is 9.82. The molecule has 3 heteroatoms. The maximum absolute atomic E-state index is 5.46. The van der Waals surface area contributed by atoms with Crippen molar-refractivity contribution in [3.05, 3.63) is 174 Å². The highest BCUT2D eigenvalue weighted by atomic mass is 15.2. The Morgan fingerprint density at radius 2 is 1.30 bits per heavy atom. The molecule has 0 fully saturated rings. The highest BCUT2D eigenvalue weighted by Gasteiger charge is 2.37. The topological polar surface area (TPSA) is 29.3 Å². The Morgan fingerprint density at radius 1 is 0.609 bits per heavy atom. The van der Waals surface area contributed by atoms with Crippen LogP contribution in [-0.4, -0.2) is 10.5 Å². The average Bonchev–Trinajstić information content (AvgIpc) is 3.58. The molecule has 46 heavy (non-hydrogen) atoms. The van der Waals surface area contributed by atoms with Gasteiger partial charge in [-0.2, -0.15) is 0 Å². The zero-order valence-electron chi connectivity index (χ0n) is 25.9. The van der Waals surface area contributed by atoms with Gasteiger partial charge in [-0.3, -0.25) is 4.57 Å². The Bertz CT molecular complexity index is 2360. The molecule has 1 aromatic heterocycles. The zero-order valence-corrected chi connectivity index (χ0v) is 25.9. The van der Waals surface area contributed by atoms with E-state index in [2.05, 4.69) is 175 Å². The van der Waals surface area contributed by atoms with E-state index in [0.717, 1.165) is 33.8 Å². The Labute approximate surface area is 269 Å². The highest BCUT2D eigenvalue weighted by molar-refractivity contribution is 6.21. The predicted molar refractivity (Wildman–Crippen MR) is 192 cm³/mol. The molecule has 3 nitrogen and oxygen atoms in total. The van der Waals surface area contributed by atoms with Crippen molar-refractivity contribution < 1.29 is 0 Å². The summed E-state index contributed by atoms with van der Waals surface area (Å²) in [4.78, 5) is 5.46. The van der Waals surface area contributed by atoms with Gasteiger partial charge < -0.3 is 5.32 Å². The van der Waals surface area contributed by atoms with E-state index in [1.165, 1.54) is 44.2 Å². The minimum absolute atomic E-state index is 0.0675. The number of fused-ring (bicyclic) bond motifs is 7. The summed E-state index contributed by atoms with van der Waals surface area (Å²) in [7, 11) is 0. The SMILES string of the molecule is CC1(C)c2ccccc2-c2c1ccc1c2c2ccccc2n1C1=NC(c2cccc(-c3ccccc3)c2)C=C(c2ccccc2)N1. The van der Waals surface area contributed by atoms with Crippen molar-refractivity contribution in [2.45, 2.75) is 25.3 Å². The van der Waals surface area contributed by atoms with Crippen LogP contribution in [0, 0.1) is 0 Å². The normalized spacial score (nSPS) is 16.4. The van der Waals surface area contributed by atoms with Gasteiger partial charge in [-0.05, 0) is 68.8 Å². The minimum atomic E-state index is -0.166. The maximum atomic E-state index is 5.46. The summed E-state index contributed by atoms with van der Waals surface area (Å²) in [6.45, 7) is 4.70. The minimum Gasteiger partial charge on any atom is -0.325 e. The van der Waals surface area contributed by atoms with E-state index in [1.807, 2.05) is 0 Å². The van der Waals surface area contributed by atoms with E-state index in [-0.39, 0.29) is 11.5 Å². The molecule has 0 radical (unpaired) electrons. The molecule has 0 spiro atoms. The van der Waals surface area contributed by atoms with Gasteiger partial charge in [0.15, 0.2) is 0 Å². The summed E-state index contributed by atoms with van der Waals surface area (Å²) in [5.41, 5.74) is 13.4. The molecular formula is C43H33N3. The second-order valence-corrected chi connectivity index (χ2v) is 12.9. The van der Waals surface area contributed by atoms with Crippen LogP contribution in [-0.2, 0) is 5.41 Å². The lowest BCUT2D eigenvalue weighted by molar-refractivity contribution is 0.661. The number of nitrogens with one attached hydrogen (secondary N) is 1. The van der Waals surface area contributed by atoms with Crippen LogP contribution in [0.3, 0.4) is 0 Å². The molecule has 0 saturated heterocycles. The molecule has 0 amide bonds. The molecule has 0 bridgehead atoms. The largest absolute Gasteiger partial charge is 0.325 e. The molecule has 1 N–H and O–H groups in total. The fraction of sp³-hybridized carbons (Fsp3) is 0.0930. The average molecular weight is 592 g/mol. The number of aromatic nitrogens is 1. The molecule has 1 aliphatic carbocycles. The van der Waals surface area contributed by atoms with Gasteiger partial charge in [-0.25, -0.2) is 4.99 Å². The van der Waals surface area contributed by atoms with Gasteiger partial charge in [0.2, 0.25) is 5.96 Å². The lowest BCUT2D eigenvalue weighted by Crippen LogP contribution is -2.32. The van der Waals surface area contributed by atoms with Gasteiger partial charge >= 0.3 is 0 Å². The second kappa shape index (κ2) is 10.2. The molecule has 7 aromatic rings. The first kappa shape index (κ1) is 26.7.